The lowest BCUT2D eigenvalue weighted by molar-refractivity contribution is -0.120. The monoisotopic (exact) mass is 246 g/mol. The van der Waals surface area contributed by atoms with E-state index in [0.29, 0.717) is 0 Å². The minimum absolute atomic E-state index is 0.531. The first-order valence-electron chi connectivity index (χ1n) is 4.93. The van der Waals surface area contributed by atoms with Crippen molar-refractivity contribution in [2.45, 2.75) is 5.25 Å². The number of amides is 1. The number of aromatic nitrogens is 2. The molecule has 1 heterocycles. The Bertz CT molecular complexity index is 601. The minimum atomic E-state index is -0.942. The molecule has 6 heteroatoms. The first-order valence-corrected chi connectivity index (χ1v) is 5.45. The zero-order valence-corrected chi connectivity index (χ0v) is 9.69. The summed E-state index contributed by atoms with van der Waals surface area (Å²) in [5.74, 6) is -1.61. The number of thiol groups is 1. The summed E-state index contributed by atoms with van der Waals surface area (Å²) in [6, 6.07) is 7.33. The van der Waals surface area contributed by atoms with E-state index in [-0.39, 0.29) is 0 Å². The third-order valence-electron chi connectivity index (χ3n) is 2.57. The maximum atomic E-state index is 11.1. The second kappa shape index (κ2) is 4.47. The van der Waals surface area contributed by atoms with Gasteiger partial charge in [-0.1, -0.05) is 6.07 Å². The van der Waals surface area contributed by atoms with Crippen molar-refractivity contribution in [2.75, 3.05) is 0 Å². The molecule has 86 valence electrons. The lowest BCUT2D eigenvalue weighted by Crippen LogP contribution is -2.25. The number of nitrogens with two attached hydrogens (primary N) is 1. The standard InChI is InChI=1S/C11H10N4OS/c12-4-8(11(13)16)10(17)6-1-2-9-7(3-6)5-14-15-9/h1-3,5,8,10,17H,(H2,13,16)(H,14,15)/t8-,10+/m1/s1. The fourth-order valence-corrected chi connectivity index (χ4v) is 2.00. The maximum Gasteiger partial charge on any atom is 0.236 e. The molecule has 0 bridgehead atoms. The Labute approximate surface area is 103 Å². The number of nitriles is 1. The molecule has 0 radical (unpaired) electrons. The maximum absolute atomic E-state index is 11.1. The molecule has 1 aromatic heterocycles. The number of nitrogens with zero attached hydrogens (tertiary/aromatic N) is 2. The quantitative estimate of drug-likeness (QED) is 0.709. The highest BCUT2D eigenvalue weighted by atomic mass is 32.1. The normalized spacial score (nSPS) is 14.1. The molecule has 0 aliphatic heterocycles. The van der Waals surface area contributed by atoms with Gasteiger partial charge in [-0.05, 0) is 17.7 Å². The van der Waals surface area contributed by atoms with Crippen LogP contribution >= 0.6 is 12.6 Å². The Hall–Kier alpha value is -2.00. The van der Waals surface area contributed by atoms with Crippen LogP contribution in [0.5, 0.6) is 0 Å². The molecule has 5 nitrogen and oxygen atoms in total. The van der Waals surface area contributed by atoms with Gasteiger partial charge in [-0.3, -0.25) is 9.89 Å². The average molecular weight is 246 g/mol. The summed E-state index contributed by atoms with van der Waals surface area (Å²) >= 11 is 4.29. The summed E-state index contributed by atoms with van der Waals surface area (Å²) in [6.07, 6.45) is 1.67. The van der Waals surface area contributed by atoms with E-state index in [1.54, 1.807) is 12.3 Å². The Balaban J connectivity index is 2.39. The molecule has 2 rings (SSSR count). The second-order valence-electron chi connectivity index (χ2n) is 3.67. The van der Waals surface area contributed by atoms with E-state index in [1.165, 1.54) is 0 Å². The first kappa shape index (κ1) is 11.5. The molecule has 0 unspecified atom stereocenters. The predicted octanol–water partition coefficient (Wildman–Crippen LogP) is 1.16. The number of aromatic amines is 1. The van der Waals surface area contributed by atoms with Gasteiger partial charge in [0.25, 0.3) is 0 Å². The number of nitrogens with one attached hydrogen (secondary N) is 1. The zero-order chi connectivity index (χ0) is 12.4. The van der Waals surface area contributed by atoms with E-state index in [2.05, 4.69) is 22.8 Å². The Kier molecular flexibility index (Phi) is 3.02. The van der Waals surface area contributed by atoms with Gasteiger partial charge in [0, 0.05) is 5.39 Å². The Morgan fingerprint density at radius 1 is 1.59 bits per heavy atom. The topological polar surface area (TPSA) is 95.6 Å². The summed E-state index contributed by atoms with van der Waals surface area (Å²) in [5, 5.41) is 16.0. The lowest BCUT2D eigenvalue weighted by Gasteiger charge is -2.14. The number of benzene rings is 1. The molecule has 0 saturated carbocycles. The van der Waals surface area contributed by atoms with E-state index in [0.717, 1.165) is 16.5 Å². The van der Waals surface area contributed by atoms with Crippen LogP contribution < -0.4 is 5.73 Å². The summed E-state index contributed by atoms with van der Waals surface area (Å²) < 4.78 is 0. The van der Waals surface area contributed by atoms with Crippen LogP contribution in [0, 0.1) is 17.2 Å². The van der Waals surface area contributed by atoms with Crippen LogP contribution in [-0.4, -0.2) is 16.1 Å². The number of carbonyl (C=O) groups excluding carboxylic acids is 1. The number of fused-ring (bicyclic) bond motifs is 1. The van der Waals surface area contributed by atoms with Crippen LogP contribution in [-0.2, 0) is 4.79 Å². The first-order chi connectivity index (χ1) is 8.13. The molecule has 3 N–H and O–H groups in total. The minimum Gasteiger partial charge on any atom is -0.368 e. The lowest BCUT2D eigenvalue weighted by atomic mass is 9.98. The summed E-state index contributed by atoms with van der Waals surface area (Å²) in [5.41, 5.74) is 6.81. The molecule has 1 amide bonds. The van der Waals surface area contributed by atoms with Crippen molar-refractivity contribution in [1.29, 1.82) is 5.26 Å². The number of H-pyrrole nitrogens is 1. The smallest absolute Gasteiger partial charge is 0.236 e. The van der Waals surface area contributed by atoms with Gasteiger partial charge in [0.05, 0.1) is 23.0 Å². The number of carbonyl (C=O) groups is 1. The van der Waals surface area contributed by atoms with Crippen LogP contribution in [0.2, 0.25) is 0 Å². The molecular formula is C11H10N4OS. The van der Waals surface area contributed by atoms with Gasteiger partial charge in [0.2, 0.25) is 5.91 Å². The van der Waals surface area contributed by atoms with Crippen LogP contribution in [0.1, 0.15) is 10.8 Å². The molecule has 0 aliphatic rings. The molecule has 1 aromatic carbocycles. The summed E-state index contributed by atoms with van der Waals surface area (Å²) in [4.78, 5) is 11.1. The van der Waals surface area contributed by atoms with Crippen LogP contribution in [0.25, 0.3) is 10.9 Å². The largest absolute Gasteiger partial charge is 0.368 e. The van der Waals surface area contributed by atoms with Gasteiger partial charge < -0.3 is 5.73 Å². The second-order valence-corrected chi connectivity index (χ2v) is 4.23. The van der Waals surface area contributed by atoms with E-state index >= 15 is 0 Å². The number of hydrogen-bond donors (Lipinski definition) is 3. The average Bonchev–Trinajstić information content (AvgIpc) is 2.75. The SMILES string of the molecule is N#C[C@@H](C(N)=O)[C@@H](S)c1ccc2[nH]ncc2c1. The highest BCUT2D eigenvalue weighted by molar-refractivity contribution is 7.80. The third kappa shape index (κ3) is 2.10. The van der Waals surface area contributed by atoms with Crippen LogP contribution in [0.15, 0.2) is 24.4 Å². The fourth-order valence-electron chi connectivity index (χ4n) is 1.63. The molecule has 17 heavy (non-hydrogen) atoms. The highest BCUT2D eigenvalue weighted by Gasteiger charge is 2.25. The van der Waals surface area contributed by atoms with Gasteiger partial charge in [-0.25, -0.2) is 0 Å². The molecule has 2 aromatic rings. The molecular weight excluding hydrogens is 236 g/mol. The summed E-state index contributed by atoms with van der Waals surface area (Å²) in [6.45, 7) is 0. The van der Waals surface area contributed by atoms with Crippen molar-refractivity contribution in [2.24, 2.45) is 11.7 Å². The molecule has 0 aliphatic carbocycles. The number of primary amides is 1. The van der Waals surface area contributed by atoms with Crippen molar-refractivity contribution >= 4 is 29.4 Å². The van der Waals surface area contributed by atoms with Crippen molar-refractivity contribution in [1.82, 2.24) is 10.2 Å². The molecule has 0 spiro atoms. The Morgan fingerprint density at radius 3 is 3.00 bits per heavy atom. The number of hydrogen-bond acceptors (Lipinski definition) is 4. The van der Waals surface area contributed by atoms with E-state index in [9.17, 15) is 4.79 Å². The van der Waals surface area contributed by atoms with E-state index in [1.807, 2.05) is 18.2 Å². The van der Waals surface area contributed by atoms with Crippen LogP contribution in [0.4, 0.5) is 0 Å². The van der Waals surface area contributed by atoms with Crippen molar-refractivity contribution in [3.8, 4) is 6.07 Å². The van der Waals surface area contributed by atoms with Gasteiger partial charge in [0.1, 0.15) is 5.92 Å². The van der Waals surface area contributed by atoms with E-state index in [4.69, 9.17) is 11.0 Å². The number of rotatable bonds is 3. The Morgan fingerprint density at radius 2 is 2.35 bits per heavy atom. The highest BCUT2D eigenvalue weighted by Crippen LogP contribution is 2.29. The fraction of sp³-hybridized carbons (Fsp3) is 0.182. The van der Waals surface area contributed by atoms with Gasteiger partial charge in [-0.15, -0.1) is 0 Å². The van der Waals surface area contributed by atoms with Gasteiger partial charge in [-0.2, -0.15) is 23.0 Å². The molecule has 2 atom stereocenters. The van der Waals surface area contributed by atoms with Gasteiger partial charge >= 0.3 is 0 Å². The summed E-state index contributed by atoms with van der Waals surface area (Å²) in [7, 11) is 0. The van der Waals surface area contributed by atoms with Crippen LogP contribution in [0.3, 0.4) is 0 Å². The van der Waals surface area contributed by atoms with Crippen molar-refractivity contribution in [3.05, 3.63) is 30.0 Å². The predicted molar refractivity (Wildman–Crippen MR) is 66.1 cm³/mol. The molecule has 0 fully saturated rings. The van der Waals surface area contributed by atoms with Crippen molar-refractivity contribution < 1.29 is 4.79 Å². The zero-order valence-electron chi connectivity index (χ0n) is 8.79. The van der Waals surface area contributed by atoms with E-state index < -0.39 is 17.1 Å². The third-order valence-corrected chi connectivity index (χ3v) is 3.16. The van der Waals surface area contributed by atoms with Crippen molar-refractivity contribution in [3.63, 3.8) is 0 Å². The van der Waals surface area contributed by atoms with Gasteiger partial charge in [0.15, 0.2) is 0 Å². The molecule has 0 saturated heterocycles.